The van der Waals surface area contributed by atoms with Gasteiger partial charge < -0.3 is 23.7 Å². The summed E-state index contributed by atoms with van der Waals surface area (Å²) in [6, 6.07) is 5.49. The smallest absolute Gasteiger partial charge is 0.490 e. The monoisotopic (exact) mass is 427 g/mol. The minimum absolute atomic E-state index is 0.00469. The van der Waals surface area contributed by atoms with E-state index in [0.29, 0.717) is 30.2 Å². The summed E-state index contributed by atoms with van der Waals surface area (Å²) >= 11 is 0. The first-order chi connectivity index (χ1) is 14.7. The molecule has 4 rings (SSSR count). The van der Waals surface area contributed by atoms with E-state index < -0.39 is 0 Å². The summed E-state index contributed by atoms with van der Waals surface area (Å²) in [5.74, 6) is 1.32. The normalized spacial score (nSPS) is 23.1. The molecule has 0 aromatic heterocycles. The topological polar surface area (TPSA) is 57.2 Å². The van der Waals surface area contributed by atoms with Crippen molar-refractivity contribution < 1.29 is 23.6 Å². The van der Waals surface area contributed by atoms with Gasteiger partial charge in [0.25, 0.3) is 5.91 Å². The van der Waals surface area contributed by atoms with Crippen LogP contribution in [0.5, 0.6) is 11.5 Å². The number of nitrogens with zero attached hydrogens (tertiary/aromatic N) is 1. The zero-order valence-corrected chi connectivity index (χ0v) is 19.4. The quantitative estimate of drug-likeness (QED) is 0.652. The summed E-state index contributed by atoms with van der Waals surface area (Å²) in [5, 5.41) is 0. The highest BCUT2D eigenvalue weighted by Crippen LogP contribution is 2.39. The first-order valence-electron chi connectivity index (χ1n) is 11.4. The molecule has 1 amide bonds. The zero-order chi connectivity index (χ0) is 22.2. The number of ether oxygens (including phenoxy) is 2. The minimum Gasteiger partial charge on any atom is -0.493 e. The molecule has 1 aliphatic carbocycles. The lowest BCUT2D eigenvalue weighted by molar-refractivity contribution is 0.00578. The van der Waals surface area contributed by atoms with Crippen LogP contribution in [0.1, 0.15) is 70.2 Å². The molecule has 1 aromatic rings. The summed E-state index contributed by atoms with van der Waals surface area (Å²) in [5.41, 5.74) is 1.01. The third kappa shape index (κ3) is 4.49. The van der Waals surface area contributed by atoms with Gasteiger partial charge in [0.05, 0.1) is 24.4 Å². The fraction of sp³-hybridized carbons (Fsp3) is 0.625. The van der Waals surface area contributed by atoms with Gasteiger partial charge in [-0.15, -0.1) is 0 Å². The molecular weight excluding hydrogens is 393 g/mol. The van der Waals surface area contributed by atoms with E-state index in [0.717, 1.165) is 24.7 Å². The molecule has 3 aliphatic rings. The number of carbonyl (C=O) groups is 1. The molecule has 2 heterocycles. The molecular formula is C24H34BNO5. The molecule has 0 radical (unpaired) electrons. The van der Waals surface area contributed by atoms with Crippen molar-refractivity contribution in [1.29, 1.82) is 0 Å². The molecule has 0 atom stereocenters. The molecule has 1 saturated heterocycles. The number of hydrogen-bond donors (Lipinski definition) is 0. The van der Waals surface area contributed by atoms with Gasteiger partial charge in [0, 0.05) is 18.7 Å². The first kappa shape index (κ1) is 22.2. The van der Waals surface area contributed by atoms with Gasteiger partial charge in [0.15, 0.2) is 11.5 Å². The van der Waals surface area contributed by atoms with E-state index in [2.05, 4.69) is 33.8 Å². The van der Waals surface area contributed by atoms with E-state index in [1.165, 1.54) is 12.8 Å². The van der Waals surface area contributed by atoms with Crippen molar-refractivity contribution in [3.05, 3.63) is 35.3 Å². The van der Waals surface area contributed by atoms with Crippen molar-refractivity contribution in [1.82, 2.24) is 4.90 Å². The molecule has 0 N–H and O–H groups in total. The Hall–Kier alpha value is -1.99. The van der Waals surface area contributed by atoms with Gasteiger partial charge in [-0.1, -0.05) is 6.08 Å². The Kier molecular flexibility index (Phi) is 6.10. The minimum atomic E-state index is -0.357. The van der Waals surface area contributed by atoms with Gasteiger partial charge in [0.1, 0.15) is 0 Å². The Labute approximate surface area is 186 Å². The van der Waals surface area contributed by atoms with Crippen LogP contribution in [0.15, 0.2) is 29.7 Å². The third-order valence-corrected chi connectivity index (χ3v) is 7.09. The maximum absolute atomic E-state index is 13.1. The summed E-state index contributed by atoms with van der Waals surface area (Å²) in [6.07, 6.45) is 7.63. The summed E-state index contributed by atoms with van der Waals surface area (Å²) in [7, 11) is 1.28. The van der Waals surface area contributed by atoms with E-state index in [4.69, 9.17) is 18.8 Å². The van der Waals surface area contributed by atoms with E-state index >= 15 is 0 Å². The maximum Gasteiger partial charge on any atom is 0.490 e. The number of benzene rings is 1. The Bertz CT molecular complexity index is 844. The SMILES string of the molecule is COc1cc(C(=O)N2CC=C(B3OC(C)(C)C(C)(C)O3)CC2)ccc1OC1CCCC1. The van der Waals surface area contributed by atoms with Crippen LogP contribution in [0.3, 0.4) is 0 Å². The fourth-order valence-electron chi connectivity index (χ4n) is 4.34. The molecule has 2 aliphatic heterocycles. The zero-order valence-electron chi connectivity index (χ0n) is 19.4. The second kappa shape index (κ2) is 8.51. The molecule has 1 aromatic carbocycles. The Balaban J connectivity index is 1.41. The van der Waals surface area contributed by atoms with Crippen molar-refractivity contribution in [3.63, 3.8) is 0 Å². The van der Waals surface area contributed by atoms with Gasteiger partial charge in [-0.3, -0.25) is 4.79 Å². The largest absolute Gasteiger partial charge is 0.493 e. The lowest BCUT2D eigenvalue weighted by Crippen LogP contribution is -2.41. The van der Waals surface area contributed by atoms with Crippen molar-refractivity contribution in [2.24, 2.45) is 0 Å². The van der Waals surface area contributed by atoms with E-state index in [1.54, 1.807) is 13.2 Å². The first-order valence-corrected chi connectivity index (χ1v) is 11.4. The lowest BCUT2D eigenvalue weighted by atomic mass is 9.74. The fourth-order valence-corrected chi connectivity index (χ4v) is 4.34. The standard InChI is InChI=1S/C24H34BNO5/c1-23(2)24(3,4)31-25(30-23)18-12-14-26(15-13-18)22(27)17-10-11-20(21(16-17)28-5)29-19-8-6-7-9-19/h10-12,16,19H,6-9,13-15H2,1-5H3. The van der Waals surface area contributed by atoms with Crippen LogP contribution in [0.2, 0.25) is 0 Å². The number of hydrogen-bond acceptors (Lipinski definition) is 5. The molecule has 168 valence electrons. The second-order valence-corrected chi connectivity index (χ2v) is 9.76. The van der Waals surface area contributed by atoms with Crippen LogP contribution in [-0.4, -0.2) is 55.4 Å². The molecule has 1 saturated carbocycles. The van der Waals surface area contributed by atoms with Crippen LogP contribution < -0.4 is 9.47 Å². The predicted octanol–water partition coefficient (Wildman–Crippen LogP) is 4.42. The molecule has 0 unspecified atom stereocenters. The van der Waals surface area contributed by atoms with Crippen molar-refractivity contribution >= 4 is 13.0 Å². The Morgan fingerprint density at radius 3 is 2.35 bits per heavy atom. The van der Waals surface area contributed by atoms with Gasteiger partial charge in [0.2, 0.25) is 0 Å². The van der Waals surface area contributed by atoms with E-state index in [1.807, 2.05) is 17.0 Å². The number of amides is 1. The summed E-state index contributed by atoms with van der Waals surface area (Å²) < 4.78 is 23.9. The van der Waals surface area contributed by atoms with Gasteiger partial charge in [-0.05, 0) is 83.5 Å². The maximum atomic E-state index is 13.1. The predicted molar refractivity (Wildman–Crippen MR) is 121 cm³/mol. The van der Waals surface area contributed by atoms with Crippen molar-refractivity contribution in [2.75, 3.05) is 20.2 Å². The third-order valence-electron chi connectivity index (χ3n) is 7.09. The van der Waals surface area contributed by atoms with Crippen LogP contribution in [0, 0.1) is 0 Å². The average molecular weight is 427 g/mol. The lowest BCUT2D eigenvalue weighted by Gasteiger charge is -2.32. The highest BCUT2D eigenvalue weighted by Gasteiger charge is 2.52. The molecule has 2 fully saturated rings. The number of methoxy groups -OCH3 is 1. The highest BCUT2D eigenvalue weighted by atomic mass is 16.7. The average Bonchev–Trinajstić information content (AvgIpc) is 3.33. The summed E-state index contributed by atoms with van der Waals surface area (Å²) in [6.45, 7) is 9.40. The molecule has 7 heteroatoms. The number of carbonyl (C=O) groups excluding carboxylic acids is 1. The van der Waals surface area contributed by atoms with Crippen LogP contribution in [-0.2, 0) is 9.31 Å². The molecule has 0 bridgehead atoms. The number of rotatable bonds is 5. The summed E-state index contributed by atoms with van der Waals surface area (Å²) in [4.78, 5) is 14.9. The van der Waals surface area contributed by atoms with Gasteiger partial charge in [-0.25, -0.2) is 0 Å². The molecule has 31 heavy (non-hydrogen) atoms. The van der Waals surface area contributed by atoms with E-state index in [-0.39, 0.29) is 30.3 Å². The van der Waals surface area contributed by atoms with Crippen molar-refractivity contribution in [3.8, 4) is 11.5 Å². The van der Waals surface area contributed by atoms with Crippen molar-refractivity contribution in [2.45, 2.75) is 77.1 Å². The molecule has 6 nitrogen and oxygen atoms in total. The van der Waals surface area contributed by atoms with Crippen LogP contribution >= 0.6 is 0 Å². The van der Waals surface area contributed by atoms with Gasteiger partial charge in [-0.2, -0.15) is 0 Å². The van der Waals surface area contributed by atoms with Gasteiger partial charge >= 0.3 is 7.12 Å². The highest BCUT2D eigenvalue weighted by molar-refractivity contribution is 6.54. The Morgan fingerprint density at radius 2 is 1.77 bits per heavy atom. The van der Waals surface area contributed by atoms with E-state index in [9.17, 15) is 4.79 Å². The van der Waals surface area contributed by atoms with Crippen LogP contribution in [0.4, 0.5) is 0 Å². The second-order valence-electron chi connectivity index (χ2n) is 9.76. The van der Waals surface area contributed by atoms with Crippen LogP contribution in [0.25, 0.3) is 0 Å². The molecule has 0 spiro atoms. The Morgan fingerprint density at radius 1 is 1.10 bits per heavy atom.